The van der Waals surface area contributed by atoms with Crippen molar-refractivity contribution in [2.24, 2.45) is 5.41 Å². The number of nitrogens with one attached hydrogen (secondary N) is 2. The Kier molecular flexibility index (Phi) is 5.49. The number of carboxylic acid groups (broad SMARTS) is 1. The van der Waals surface area contributed by atoms with E-state index in [1.54, 1.807) is 6.07 Å². The lowest BCUT2D eigenvalue weighted by atomic mass is 9.90. The van der Waals surface area contributed by atoms with Crippen molar-refractivity contribution in [2.45, 2.75) is 33.7 Å². The summed E-state index contributed by atoms with van der Waals surface area (Å²) in [6.07, 6.45) is 2.42. The van der Waals surface area contributed by atoms with E-state index in [1.165, 1.54) is 12.3 Å². The van der Waals surface area contributed by atoms with Gasteiger partial charge in [0.2, 0.25) is 0 Å². The van der Waals surface area contributed by atoms with Gasteiger partial charge in [-0.1, -0.05) is 26.8 Å². The van der Waals surface area contributed by atoms with Gasteiger partial charge in [0.1, 0.15) is 5.69 Å². The molecule has 0 spiro atoms. The minimum atomic E-state index is -1.07. The summed E-state index contributed by atoms with van der Waals surface area (Å²) in [5.41, 5.74) is 0.810. The molecule has 0 atom stereocenters. The monoisotopic (exact) mass is 279 g/mol. The smallest absolute Gasteiger partial charge is 0.354 e. The zero-order valence-corrected chi connectivity index (χ0v) is 12.1. The lowest BCUT2D eigenvalue weighted by Gasteiger charge is -2.22. The predicted molar refractivity (Wildman–Crippen MR) is 75.5 cm³/mol. The average molecular weight is 279 g/mol. The van der Waals surface area contributed by atoms with Gasteiger partial charge < -0.3 is 15.7 Å². The van der Waals surface area contributed by atoms with Crippen LogP contribution in [0.5, 0.6) is 0 Å². The van der Waals surface area contributed by atoms with Gasteiger partial charge >= 0.3 is 12.0 Å². The molecule has 3 N–H and O–H groups in total. The van der Waals surface area contributed by atoms with Gasteiger partial charge in [0.15, 0.2) is 0 Å². The number of hydrogen-bond donors (Lipinski definition) is 3. The van der Waals surface area contributed by atoms with Gasteiger partial charge in [-0.15, -0.1) is 0 Å². The Labute approximate surface area is 118 Å². The molecule has 1 heterocycles. The number of rotatable bonds is 6. The number of aromatic nitrogens is 1. The van der Waals surface area contributed by atoms with Crippen LogP contribution in [0.2, 0.25) is 0 Å². The van der Waals surface area contributed by atoms with Gasteiger partial charge in [-0.05, 0) is 23.5 Å². The van der Waals surface area contributed by atoms with Crippen molar-refractivity contribution < 1.29 is 14.7 Å². The van der Waals surface area contributed by atoms with Crippen LogP contribution in [0, 0.1) is 5.41 Å². The molecular weight excluding hydrogens is 258 g/mol. The van der Waals surface area contributed by atoms with Crippen molar-refractivity contribution in [3.8, 4) is 0 Å². The number of nitrogens with zero attached hydrogens (tertiary/aromatic N) is 1. The van der Waals surface area contributed by atoms with Crippen molar-refractivity contribution in [2.75, 3.05) is 6.54 Å². The molecule has 6 nitrogen and oxygen atoms in total. The molecule has 2 amide bonds. The third-order valence-corrected chi connectivity index (χ3v) is 3.18. The summed E-state index contributed by atoms with van der Waals surface area (Å²) < 4.78 is 0. The van der Waals surface area contributed by atoms with E-state index in [4.69, 9.17) is 5.11 Å². The Balaban J connectivity index is 2.39. The first-order chi connectivity index (χ1) is 9.34. The third kappa shape index (κ3) is 5.26. The number of carboxylic acids is 1. The first kappa shape index (κ1) is 15.9. The van der Waals surface area contributed by atoms with E-state index in [1.807, 2.05) is 0 Å². The number of carbonyl (C=O) groups excluding carboxylic acids is 1. The van der Waals surface area contributed by atoms with Crippen molar-refractivity contribution in [1.29, 1.82) is 0 Å². The molecule has 0 aromatic carbocycles. The van der Waals surface area contributed by atoms with Crippen LogP contribution in [-0.4, -0.2) is 28.6 Å². The van der Waals surface area contributed by atoms with Gasteiger partial charge in [-0.2, -0.15) is 0 Å². The molecule has 20 heavy (non-hydrogen) atoms. The summed E-state index contributed by atoms with van der Waals surface area (Å²) in [7, 11) is 0. The number of urea groups is 1. The largest absolute Gasteiger partial charge is 0.477 e. The Hall–Kier alpha value is -2.11. The second-order valence-corrected chi connectivity index (χ2v) is 5.41. The maximum atomic E-state index is 11.6. The van der Waals surface area contributed by atoms with E-state index in [-0.39, 0.29) is 17.1 Å². The molecular formula is C14H21N3O3. The van der Waals surface area contributed by atoms with E-state index in [0.717, 1.165) is 12.0 Å². The summed E-state index contributed by atoms with van der Waals surface area (Å²) in [4.78, 5) is 26.0. The van der Waals surface area contributed by atoms with Gasteiger partial charge in [0.05, 0.1) is 0 Å². The van der Waals surface area contributed by atoms with E-state index < -0.39 is 5.97 Å². The quantitative estimate of drug-likeness (QED) is 0.743. The van der Waals surface area contributed by atoms with Crippen LogP contribution in [0.3, 0.4) is 0 Å². The Morgan fingerprint density at radius 2 is 2.00 bits per heavy atom. The van der Waals surface area contributed by atoms with Crippen molar-refractivity contribution in [3.05, 3.63) is 29.6 Å². The van der Waals surface area contributed by atoms with E-state index in [2.05, 4.69) is 36.4 Å². The molecule has 1 aromatic rings. The molecule has 0 fully saturated rings. The Morgan fingerprint density at radius 3 is 2.50 bits per heavy atom. The van der Waals surface area contributed by atoms with Crippen LogP contribution < -0.4 is 10.6 Å². The minimum absolute atomic E-state index is 0.0112. The van der Waals surface area contributed by atoms with Gasteiger partial charge in [0.25, 0.3) is 0 Å². The first-order valence-electron chi connectivity index (χ1n) is 6.54. The highest BCUT2D eigenvalue weighted by atomic mass is 16.4. The predicted octanol–water partition coefficient (Wildman–Crippen LogP) is 2.02. The van der Waals surface area contributed by atoms with Crippen LogP contribution in [0.1, 0.15) is 43.2 Å². The standard InChI is InChI=1S/C14H21N3O3/c1-4-14(2,3)9-17-13(20)16-8-10-5-6-11(12(18)19)15-7-10/h5-7H,4,8-9H2,1-3H3,(H,18,19)(H2,16,17,20). The van der Waals surface area contributed by atoms with E-state index in [9.17, 15) is 9.59 Å². The lowest BCUT2D eigenvalue weighted by molar-refractivity contribution is 0.0690. The topological polar surface area (TPSA) is 91.3 Å². The van der Waals surface area contributed by atoms with Crippen LogP contribution >= 0.6 is 0 Å². The maximum Gasteiger partial charge on any atom is 0.354 e. The number of amides is 2. The van der Waals surface area contributed by atoms with Crippen molar-refractivity contribution in [1.82, 2.24) is 15.6 Å². The molecule has 0 aliphatic carbocycles. The summed E-state index contributed by atoms with van der Waals surface area (Å²) in [5, 5.41) is 14.2. The zero-order chi connectivity index (χ0) is 15.2. The second kappa shape index (κ2) is 6.88. The van der Waals surface area contributed by atoms with Crippen molar-refractivity contribution >= 4 is 12.0 Å². The van der Waals surface area contributed by atoms with Gasteiger partial charge in [-0.3, -0.25) is 0 Å². The number of pyridine rings is 1. The molecule has 0 aliphatic rings. The zero-order valence-electron chi connectivity index (χ0n) is 12.1. The number of aromatic carboxylic acids is 1. The van der Waals surface area contributed by atoms with Crippen molar-refractivity contribution in [3.63, 3.8) is 0 Å². The first-order valence-corrected chi connectivity index (χ1v) is 6.54. The summed E-state index contributed by atoms with van der Waals surface area (Å²) in [6.45, 7) is 7.16. The van der Waals surface area contributed by atoms with E-state index >= 15 is 0 Å². The fourth-order valence-corrected chi connectivity index (χ4v) is 1.34. The van der Waals surface area contributed by atoms with Gasteiger partial charge in [-0.25, -0.2) is 14.6 Å². The maximum absolute atomic E-state index is 11.6. The normalized spacial score (nSPS) is 10.9. The SMILES string of the molecule is CCC(C)(C)CNC(=O)NCc1ccc(C(=O)O)nc1. The van der Waals surface area contributed by atoms with Crippen LogP contribution in [0.15, 0.2) is 18.3 Å². The molecule has 1 rings (SSSR count). The fourth-order valence-electron chi connectivity index (χ4n) is 1.34. The number of carbonyl (C=O) groups is 2. The summed E-state index contributed by atoms with van der Waals surface area (Å²) in [5.74, 6) is -1.07. The molecule has 0 unspecified atom stereocenters. The summed E-state index contributed by atoms with van der Waals surface area (Å²) >= 11 is 0. The number of hydrogen-bond acceptors (Lipinski definition) is 3. The Morgan fingerprint density at radius 1 is 1.30 bits per heavy atom. The molecule has 0 radical (unpaired) electrons. The van der Waals surface area contributed by atoms with Crippen LogP contribution in [-0.2, 0) is 6.54 Å². The van der Waals surface area contributed by atoms with Crippen LogP contribution in [0.4, 0.5) is 4.79 Å². The van der Waals surface area contributed by atoms with Crippen LogP contribution in [0.25, 0.3) is 0 Å². The molecule has 0 saturated carbocycles. The molecule has 0 saturated heterocycles. The third-order valence-electron chi connectivity index (χ3n) is 3.18. The summed E-state index contributed by atoms with van der Waals surface area (Å²) in [6, 6.07) is 2.80. The highest BCUT2D eigenvalue weighted by molar-refractivity contribution is 5.85. The van der Waals surface area contributed by atoms with Gasteiger partial charge in [0, 0.05) is 19.3 Å². The molecule has 110 valence electrons. The molecule has 0 bridgehead atoms. The lowest BCUT2D eigenvalue weighted by Crippen LogP contribution is -2.40. The average Bonchev–Trinajstić information content (AvgIpc) is 2.43. The second-order valence-electron chi connectivity index (χ2n) is 5.41. The molecule has 0 aliphatic heterocycles. The van der Waals surface area contributed by atoms with E-state index in [0.29, 0.717) is 13.1 Å². The molecule has 6 heteroatoms. The highest BCUT2D eigenvalue weighted by Gasteiger charge is 2.15. The molecule has 1 aromatic heterocycles. The highest BCUT2D eigenvalue weighted by Crippen LogP contribution is 2.17. The minimum Gasteiger partial charge on any atom is -0.477 e. The Bertz CT molecular complexity index is 469. The fraction of sp³-hybridized carbons (Fsp3) is 0.500.